The number of carbonyl (C=O) groups is 1. The zero-order valence-electron chi connectivity index (χ0n) is 25.2. The van der Waals surface area contributed by atoms with Crippen molar-refractivity contribution in [3.8, 4) is 5.75 Å². The summed E-state index contributed by atoms with van der Waals surface area (Å²) in [6, 6.07) is 10.4. The molecule has 0 bridgehead atoms. The van der Waals surface area contributed by atoms with E-state index in [-0.39, 0.29) is 47.7 Å². The number of halogens is 6. The van der Waals surface area contributed by atoms with E-state index >= 15 is 0 Å². The minimum absolute atomic E-state index is 0.0505. The summed E-state index contributed by atoms with van der Waals surface area (Å²) in [5.41, 5.74) is -0.970. The number of hydrogen-bond donors (Lipinski definition) is 1. The van der Waals surface area contributed by atoms with Crippen LogP contribution in [0.4, 0.5) is 37.8 Å². The molecule has 1 aliphatic rings. The van der Waals surface area contributed by atoms with Crippen molar-refractivity contribution >= 4 is 24.4 Å². The topological polar surface area (TPSA) is 68.3 Å². The molecule has 1 fully saturated rings. The summed E-state index contributed by atoms with van der Waals surface area (Å²) in [5.74, 6) is 0.784. The fraction of sp³-hybridized carbons (Fsp3) is 0.455. The molecule has 0 amide bonds. The first-order valence-corrected chi connectivity index (χ1v) is 17.2. The molecule has 0 spiro atoms. The highest BCUT2D eigenvalue weighted by molar-refractivity contribution is 7.63. The number of benzene rings is 2. The van der Waals surface area contributed by atoms with E-state index in [1.54, 1.807) is 18.2 Å². The first-order valence-electron chi connectivity index (χ1n) is 15.0. The summed E-state index contributed by atoms with van der Waals surface area (Å²) < 4.78 is 99.4. The number of nitrogens with zero attached hydrogens (tertiary/aromatic N) is 1. The van der Waals surface area contributed by atoms with Crippen molar-refractivity contribution < 1.29 is 40.4 Å². The van der Waals surface area contributed by atoms with E-state index in [0.717, 1.165) is 37.6 Å². The van der Waals surface area contributed by atoms with Crippen molar-refractivity contribution in [2.45, 2.75) is 64.2 Å². The zero-order valence-corrected chi connectivity index (χ0v) is 26.1. The lowest BCUT2D eigenvalue weighted by atomic mass is 9.99. The molecule has 1 saturated carbocycles. The summed E-state index contributed by atoms with van der Waals surface area (Å²) in [5, 5.41) is 2.94. The van der Waals surface area contributed by atoms with Gasteiger partial charge in [0.05, 0.1) is 31.1 Å². The Kier molecular flexibility index (Phi) is 11.1. The Labute approximate surface area is 259 Å². The quantitative estimate of drug-likeness (QED) is 0.100. The number of nitrogens with one attached hydrogen (secondary N) is 1. The third-order valence-electron chi connectivity index (χ3n) is 7.91. The van der Waals surface area contributed by atoms with Gasteiger partial charge in [-0.25, -0.2) is 4.98 Å². The second-order valence-corrected chi connectivity index (χ2v) is 15.0. The summed E-state index contributed by atoms with van der Waals surface area (Å²) in [4.78, 5) is 16.9. The highest BCUT2D eigenvalue weighted by Crippen LogP contribution is 2.53. The monoisotopic (exact) mass is 654 g/mol. The molecule has 45 heavy (non-hydrogen) atoms. The summed E-state index contributed by atoms with van der Waals surface area (Å²) in [7, 11) is -0.885. The number of ketones is 1. The molecule has 0 aliphatic heterocycles. The molecule has 1 aliphatic carbocycles. The molecule has 12 heteroatoms. The third-order valence-corrected chi connectivity index (χ3v) is 11.5. The fourth-order valence-corrected chi connectivity index (χ4v) is 8.91. The molecule has 0 radical (unpaired) electrons. The minimum Gasteiger partial charge on any atom is -0.495 e. The fourth-order valence-electron chi connectivity index (χ4n) is 5.46. The largest absolute Gasteiger partial charge is 0.495 e. The van der Waals surface area contributed by atoms with Gasteiger partial charge in [0, 0.05) is 36.7 Å². The van der Waals surface area contributed by atoms with Gasteiger partial charge < -0.3 is 14.6 Å². The van der Waals surface area contributed by atoms with Crippen LogP contribution < -0.4 is 10.1 Å². The van der Waals surface area contributed by atoms with Gasteiger partial charge in [-0.3, -0.25) is 4.79 Å². The Morgan fingerprint density at radius 3 is 2.40 bits per heavy atom. The van der Waals surface area contributed by atoms with Crippen molar-refractivity contribution in [2.75, 3.05) is 30.9 Å². The van der Waals surface area contributed by atoms with Crippen LogP contribution in [-0.2, 0) is 29.8 Å². The smallest absolute Gasteiger partial charge is 0.418 e. The molecule has 1 heterocycles. The van der Waals surface area contributed by atoms with Gasteiger partial charge in [-0.2, -0.15) is 26.3 Å². The van der Waals surface area contributed by atoms with E-state index in [9.17, 15) is 35.7 Å². The maximum Gasteiger partial charge on any atom is 0.418 e. The predicted molar refractivity (Wildman–Crippen MR) is 163 cm³/mol. The van der Waals surface area contributed by atoms with Crippen LogP contribution in [0.1, 0.15) is 71.6 Å². The second-order valence-electron chi connectivity index (χ2n) is 11.6. The average molecular weight is 655 g/mol. The number of pyridine rings is 1. The molecular formula is C33H37F6N2O3P. The molecule has 244 valence electrons. The Morgan fingerprint density at radius 1 is 1.00 bits per heavy atom. The van der Waals surface area contributed by atoms with E-state index in [0.29, 0.717) is 42.1 Å². The van der Waals surface area contributed by atoms with Crippen LogP contribution in [0.15, 0.2) is 54.7 Å². The van der Waals surface area contributed by atoms with Crippen molar-refractivity contribution in [3.63, 3.8) is 0 Å². The number of methoxy groups -OCH3 is 1. The van der Waals surface area contributed by atoms with Crippen molar-refractivity contribution in [2.24, 2.45) is 5.92 Å². The number of aromatic nitrogens is 1. The van der Waals surface area contributed by atoms with Gasteiger partial charge in [0.25, 0.3) is 0 Å². The Hall–Kier alpha value is -3.33. The second kappa shape index (κ2) is 14.4. The molecule has 1 aromatic heterocycles. The molecule has 4 rings (SSSR count). The molecular weight excluding hydrogens is 617 g/mol. The van der Waals surface area contributed by atoms with Crippen LogP contribution in [-0.4, -0.2) is 36.4 Å². The number of carbonyl (C=O) groups excluding carboxylic acids is 1. The number of alkyl halides is 6. The van der Waals surface area contributed by atoms with Crippen LogP contribution in [0.25, 0.3) is 0 Å². The highest BCUT2D eigenvalue weighted by Gasteiger charge is 2.35. The van der Waals surface area contributed by atoms with Gasteiger partial charge in [-0.15, -0.1) is 0 Å². The van der Waals surface area contributed by atoms with Crippen molar-refractivity contribution in [1.29, 1.82) is 0 Å². The first-order chi connectivity index (χ1) is 21.2. The van der Waals surface area contributed by atoms with Gasteiger partial charge in [0.1, 0.15) is 11.6 Å². The Bertz CT molecular complexity index is 1540. The number of ether oxygens (including phenoxy) is 1. The number of aryl methyl sites for hydroxylation is 2. The van der Waals surface area contributed by atoms with Gasteiger partial charge in [0.2, 0.25) is 0 Å². The standard InChI is InChI=1S/C33H37F6N2O3P/c1-3-15-45(43,21-23-9-10-23)16-5-8-29(42)25-13-14-28(30(18-25)44-2)41-31-19-24(27(20-40-31)33(37,38)39)12-11-22-6-4-7-26(17-22)32(34,35)36/h4,6-7,13-14,17-20,23H,3,5,8-12,15-16,21H2,1-2H3,(H,40,41). The molecule has 1 unspecified atom stereocenters. The van der Waals surface area contributed by atoms with Crippen LogP contribution in [0, 0.1) is 5.92 Å². The maximum absolute atomic E-state index is 13.8. The highest BCUT2D eigenvalue weighted by atomic mass is 31.2. The summed E-state index contributed by atoms with van der Waals surface area (Å²) in [6.07, 6.45) is -2.89. The van der Waals surface area contributed by atoms with Crippen LogP contribution in [0.3, 0.4) is 0 Å². The number of rotatable bonds is 15. The average Bonchev–Trinajstić information content (AvgIpc) is 3.79. The molecule has 3 aromatic rings. The Balaban J connectivity index is 1.46. The van der Waals surface area contributed by atoms with Gasteiger partial charge in [-0.1, -0.05) is 25.1 Å². The van der Waals surface area contributed by atoms with Crippen molar-refractivity contribution in [3.05, 3.63) is 82.5 Å². The first kappa shape index (κ1) is 34.5. The number of Topliss-reactive ketones (excluding diaryl/α,β-unsaturated/α-hetero) is 1. The van der Waals surface area contributed by atoms with Crippen molar-refractivity contribution in [1.82, 2.24) is 4.98 Å². The lowest BCUT2D eigenvalue weighted by molar-refractivity contribution is -0.138. The summed E-state index contributed by atoms with van der Waals surface area (Å²) in [6.45, 7) is 2.02. The molecule has 1 atom stereocenters. The lowest BCUT2D eigenvalue weighted by Crippen LogP contribution is -2.12. The van der Waals surface area contributed by atoms with E-state index in [1.165, 1.54) is 25.3 Å². The van der Waals surface area contributed by atoms with Crippen LogP contribution >= 0.6 is 7.14 Å². The molecule has 2 aromatic carbocycles. The normalized spacial score (nSPS) is 15.0. The molecule has 1 N–H and O–H groups in total. The van der Waals surface area contributed by atoms with E-state index in [2.05, 4.69) is 10.3 Å². The van der Waals surface area contributed by atoms with Gasteiger partial charge in [-0.05, 0) is 85.9 Å². The third kappa shape index (κ3) is 9.83. The minimum atomic E-state index is -4.71. The SMILES string of the molecule is CCCP(=O)(CCCC(=O)c1ccc(Nc2cc(CCc3cccc(C(F)(F)F)c3)c(C(F)(F)F)cn2)c(OC)c1)CC1CC1. The van der Waals surface area contributed by atoms with Gasteiger partial charge >= 0.3 is 12.4 Å². The molecule has 0 saturated heterocycles. The van der Waals surface area contributed by atoms with Gasteiger partial charge in [0.15, 0.2) is 5.78 Å². The van der Waals surface area contributed by atoms with Crippen LogP contribution in [0.2, 0.25) is 0 Å². The number of anilines is 2. The lowest BCUT2D eigenvalue weighted by Gasteiger charge is -2.17. The number of hydrogen-bond acceptors (Lipinski definition) is 5. The Morgan fingerprint density at radius 2 is 1.76 bits per heavy atom. The van der Waals surface area contributed by atoms with E-state index in [1.807, 2.05) is 6.92 Å². The van der Waals surface area contributed by atoms with E-state index in [4.69, 9.17) is 4.74 Å². The zero-order chi connectivity index (χ0) is 32.8. The van der Waals surface area contributed by atoms with E-state index < -0.39 is 30.6 Å². The maximum atomic E-state index is 13.8. The molecule has 5 nitrogen and oxygen atoms in total. The summed E-state index contributed by atoms with van der Waals surface area (Å²) >= 11 is 0. The predicted octanol–water partition coefficient (Wildman–Crippen LogP) is 9.80. The van der Waals surface area contributed by atoms with Crippen LogP contribution in [0.5, 0.6) is 5.75 Å².